The average molecular weight is 486 g/mol. The number of ether oxygens (including phenoxy) is 2. The fourth-order valence-electron chi connectivity index (χ4n) is 4.62. The molecule has 0 bridgehead atoms. The van der Waals surface area contributed by atoms with Crippen molar-refractivity contribution in [3.63, 3.8) is 0 Å². The van der Waals surface area contributed by atoms with Gasteiger partial charge in [0.25, 0.3) is 0 Å². The molecule has 2 aromatic carbocycles. The van der Waals surface area contributed by atoms with Crippen molar-refractivity contribution in [3.8, 4) is 22.8 Å². The molecule has 2 N–H and O–H groups in total. The van der Waals surface area contributed by atoms with Gasteiger partial charge in [-0.05, 0) is 36.4 Å². The number of para-hydroxylation sites is 1. The monoisotopic (exact) mass is 485 g/mol. The third-order valence-corrected chi connectivity index (χ3v) is 6.65. The van der Waals surface area contributed by atoms with E-state index in [4.69, 9.17) is 20.3 Å². The van der Waals surface area contributed by atoms with Gasteiger partial charge in [-0.2, -0.15) is 5.10 Å². The van der Waals surface area contributed by atoms with Crippen molar-refractivity contribution in [2.24, 2.45) is 0 Å². The first-order valence-corrected chi connectivity index (χ1v) is 12.1. The summed E-state index contributed by atoms with van der Waals surface area (Å²) in [7, 11) is 0. The van der Waals surface area contributed by atoms with E-state index in [9.17, 15) is 4.79 Å². The lowest BCUT2D eigenvalue weighted by Gasteiger charge is -2.40. The van der Waals surface area contributed by atoms with Crippen LogP contribution < -0.4 is 10.5 Å². The van der Waals surface area contributed by atoms with Crippen LogP contribution in [-0.4, -0.2) is 81.4 Å². The minimum absolute atomic E-state index is 0.0323. The lowest BCUT2D eigenvalue weighted by Crippen LogP contribution is -2.54. The number of carbonyl (C=O) groups is 1. The fraction of sp³-hybridized carbons (Fsp3) is 0.308. The molecule has 0 spiro atoms. The minimum atomic E-state index is 0.0323. The number of morpholine rings is 1. The first-order valence-electron chi connectivity index (χ1n) is 12.1. The van der Waals surface area contributed by atoms with Crippen LogP contribution in [-0.2, 0) is 9.53 Å². The zero-order valence-corrected chi connectivity index (χ0v) is 19.8. The quantitative estimate of drug-likeness (QED) is 0.444. The maximum Gasteiger partial charge on any atom is 0.236 e. The predicted molar refractivity (Wildman–Crippen MR) is 135 cm³/mol. The molecule has 2 aliphatic rings. The summed E-state index contributed by atoms with van der Waals surface area (Å²) in [5, 5.41) is 5.61. The molecule has 0 aliphatic carbocycles. The summed E-state index contributed by atoms with van der Waals surface area (Å²) < 4.78 is 13.2. The van der Waals surface area contributed by atoms with Gasteiger partial charge in [-0.3, -0.25) is 9.69 Å². The Morgan fingerprint density at radius 2 is 1.72 bits per heavy atom. The second-order valence-corrected chi connectivity index (χ2v) is 9.03. The molecule has 0 saturated carbocycles. The van der Waals surface area contributed by atoms with Gasteiger partial charge >= 0.3 is 0 Å². The number of nitrogens with two attached hydrogens (primary N) is 1. The van der Waals surface area contributed by atoms with Gasteiger partial charge in [0, 0.05) is 31.7 Å². The van der Waals surface area contributed by atoms with E-state index in [0.717, 1.165) is 30.2 Å². The Hall–Kier alpha value is -4.02. The molecule has 2 aromatic heterocycles. The van der Waals surface area contributed by atoms with Crippen LogP contribution >= 0.6 is 0 Å². The standard InChI is InChI=1S/C26H27N7O3/c27-25-23-24(18-6-8-21(9-7-18)36-20-4-2-1-3-5-20)30-33(26(23)29-17-28-25)19-14-32(15-19)22(34)16-31-10-12-35-13-11-31/h1-9,17,19H,10-16H2,(H2,27,28,29). The first-order chi connectivity index (χ1) is 17.7. The highest BCUT2D eigenvalue weighted by Gasteiger charge is 2.35. The highest BCUT2D eigenvalue weighted by Crippen LogP contribution is 2.35. The molecule has 2 aliphatic heterocycles. The van der Waals surface area contributed by atoms with E-state index in [1.165, 1.54) is 6.33 Å². The number of carbonyl (C=O) groups excluding carboxylic acids is 1. The molecule has 4 heterocycles. The Labute approximate surface area is 208 Å². The zero-order valence-electron chi connectivity index (χ0n) is 19.8. The molecule has 0 radical (unpaired) electrons. The van der Waals surface area contributed by atoms with Crippen LogP contribution in [0.5, 0.6) is 11.5 Å². The number of benzene rings is 2. The van der Waals surface area contributed by atoms with Crippen LogP contribution in [0.15, 0.2) is 60.9 Å². The van der Waals surface area contributed by atoms with Crippen LogP contribution in [0.1, 0.15) is 6.04 Å². The molecular formula is C26H27N7O3. The fourth-order valence-corrected chi connectivity index (χ4v) is 4.62. The van der Waals surface area contributed by atoms with Crippen LogP contribution in [0.3, 0.4) is 0 Å². The molecule has 2 saturated heterocycles. The molecule has 36 heavy (non-hydrogen) atoms. The normalized spacial score (nSPS) is 16.7. The first kappa shape index (κ1) is 22.4. The van der Waals surface area contributed by atoms with Crippen LogP contribution in [0.25, 0.3) is 22.3 Å². The molecule has 184 valence electrons. The van der Waals surface area contributed by atoms with Gasteiger partial charge in [-0.15, -0.1) is 0 Å². The van der Waals surface area contributed by atoms with E-state index in [-0.39, 0.29) is 11.9 Å². The number of rotatable bonds is 6. The molecular weight excluding hydrogens is 458 g/mol. The van der Waals surface area contributed by atoms with Crippen molar-refractivity contribution in [3.05, 3.63) is 60.9 Å². The van der Waals surface area contributed by atoms with Gasteiger partial charge < -0.3 is 20.1 Å². The SMILES string of the molecule is Nc1ncnc2c1c(-c1ccc(Oc3ccccc3)cc1)nn2C1CN(C(=O)CN2CCOCC2)C1. The van der Waals surface area contributed by atoms with Gasteiger partial charge in [-0.25, -0.2) is 14.6 Å². The third-order valence-electron chi connectivity index (χ3n) is 6.65. The van der Waals surface area contributed by atoms with Crippen molar-refractivity contribution in [2.75, 3.05) is 51.7 Å². The Balaban J connectivity index is 1.21. The molecule has 10 nitrogen and oxygen atoms in total. The van der Waals surface area contributed by atoms with Crippen molar-refractivity contribution >= 4 is 22.8 Å². The number of anilines is 1. The van der Waals surface area contributed by atoms with Crippen LogP contribution in [0.4, 0.5) is 5.82 Å². The second-order valence-electron chi connectivity index (χ2n) is 9.03. The van der Waals surface area contributed by atoms with Gasteiger partial charge in [0.15, 0.2) is 5.65 Å². The molecule has 2 fully saturated rings. The second kappa shape index (κ2) is 9.56. The summed E-state index contributed by atoms with van der Waals surface area (Å²) in [6.45, 7) is 4.55. The zero-order chi connectivity index (χ0) is 24.5. The van der Waals surface area contributed by atoms with E-state index < -0.39 is 0 Å². The lowest BCUT2D eigenvalue weighted by molar-refractivity contribution is -0.139. The highest BCUT2D eigenvalue weighted by molar-refractivity contribution is 5.98. The molecule has 0 unspecified atom stereocenters. The smallest absolute Gasteiger partial charge is 0.236 e. The minimum Gasteiger partial charge on any atom is -0.457 e. The summed E-state index contributed by atoms with van der Waals surface area (Å²) in [6.07, 6.45) is 1.45. The number of nitrogens with zero attached hydrogens (tertiary/aromatic N) is 6. The molecule has 10 heteroatoms. The Bertz CT molecular complexity index is 1360. The van der Waals surface area contributed by atoms with E-state index in [1.54, 1.807) is 0 Å². The average Bonchev–Trinajstić information content (AvgIpc) is 3.25. The Morgan fingerprint density at radius 1 is 1.00 bits per heavy atom. The van der Waals surface area contributed by atoms with Crippen molar-refractivity contribution < 1.29 is 14.3 Å². The maximum absolute atomic E-state index is 12.7. The van der Waals surface area contributed by atoms with Gasteiger partial charge in [-0.1, -0.05) is 18.2 Å². The highest BCUT2D eigenvalue weighted by atomic mass is 16.5. The molecule has 4 aromatic rings. The topological polar surface area (TPSA) is 112 Å². The lowest BCUT2D eigenvalue weighted by atomic mass is 10.1. The summed E-state index contributed by atoms with van der Waals surface area (Å²) in [5.74, 6) is 2.01. The summed E-state index contributed by atoms with van der Waals surface area (Å²) in [5.41, 5.74) is 8.55. The largest absolute Gasteiger partial charge is 0.457 e. The predicted octanol–water partition coefficient (Wildman–Crippen LogP) is 2.58. The summed E-state index contributed by atoms with van der Waals surface area (Å²) in [6, 6.07) is 17.4. The number of likely N-dealkylation sites (tertiary alicyclic amines) is 1. The van der Waals surface area contributed by atoms with Crippen LogP contribution in [0, 0.1) is 0 Å². The van der Waals surface area contributed by atoms with Crippen molar-refractivity contribution in [2.45, 2.75) is 6.04 Å². The summed E-state index contributed by atoms with van der Waals surface area (Å²) in [4.78, 5) is 25.4. The number of hydrogen-bond acceptors (Lipinski definition) is 8. The van der Waals surface area contributed by atoms with Crippen LogP contribution in [0.2, 0.25) is 0 Å². The van der Waals surface area contributed by atoms with E-state index in [1.807, 2.05) is 64.2 Å². The number of fused-ring (bicyclic) bond motifs is 1. The summed E-state index contributed by atoms with van der Waals surface area (Å²) >= 11 is 0. The molecule has 6 rings (SSSR count). The molecule has 0 atom stereocenters. The number of amides is 1. The van der Waals surface area contributed by atoms with Gasteiger partial charge in [0.1, 0.15) is 29.3 Å². The van der Waals surface area contributed by atoms with Gasteiger partial charge in [0.2, 0.25) is 5.91 Å². The van der Waals surface area contributed by atoms with E-state index in [2.05, 4.69) is 14.9 Å². The van der Waals surface area contributed by atoms with E-state index >= 15 is 0 Å². The Morgan fingerprint density at radius 3 is 2.47 bits per heavy atom. The number of nitrogen functional groups attached to an aromatic ring is 1. The van der Waals surface area contributed by atoms with E-state index in [0.29, 0.717) is 55.4 Å². The van der Waals surface area contributed by atoms with Gasteiger partial charge in [0.05, 0.1) is 31.2 Å². The third kappa shape index (κ3) is 4.36. The van der Waals surface area contributed by atoms with Crippen molar-refractivity contribution in [1.29, 1.82) is 0 Å². The molecule has 1 amide bonds. The number of hydrogen-bond donors (Lipinski definition) is 1. The van der Waals surface area contributed by atoms with Crippen molar-refractivity contribution in [1.82, 2.24) is 29.5 Å². The number of aromatic nitrogens is 4. The Kier molecular flexibility index (Phi) is 5.96. The maximum atomic E-state index is 12.7.